The molecule has 1 aliphatic carbocycles. The molecule has 2 rings (SSSR count). The SMILES string of the molecule is CS(=O)(=O)CC1(CN=C(N)N2CCSCC2)CCC1. The zero-order valence-corrected chi connectivity index (χ0v) is 13.1. The highest BCUT2D eigenvalue weighted by atomic mass is 32.2. The highest BCUT2D eigenvalue weighted by molar-refractivity contribution is 7.99. The molecule has 0 atom stereocenters. The molecule has 7 heteroatoms. The van der Waals surface area contributed by atoms with Crippen molar-refractivity contribution in [2.45, 2.75) is 19.3 Å². The Bertz CT molecular complexity index is 438. The van der Waals surface area contributed by atoms with Gasteiger partial charge in [0.2, 0.25) is 0 Å². The zero-order valence-electron chi connectivity index (χ0n) is 11.5. The van der Waals surface area contributed by atoms with E-state index in [1.807, 2.05) is 11.8 Å². The van der Waals surface area contributed by atoms with Gasteiger partial charge < -0.3 is 10.6 Å². The summed E-state index contributed by atoms with van der Waals surface area (Å²) in [5.74, 6) is 3.00. The Balaban J connectivity index is 1.94. The Hall–Kier alpha value is -0.430. The average molecular weight is 305 g/mol. The molecule has 0 unspecified atom stereocenters. The Labute approximate surface area is 119 Å². The monoisotopic (exact) mass is 305 g/mol. The summed E-state index contributed by atoms with van der Waals surface area (Å²) >= 11 is 1.93. The molecule has 1 saturated carbocycles. The molecule has 0 bridgehead atoms. The van der Waals surface area contributed by atoms with E-state index < -0.39 is 9.84 Å². The van der Waals surface area contributed by atoms with E-state index in [0.29, 0.717) is 12.5 Å². The predicted molar refractivity (Wildman–Crippen MR) is 81.4 cm³/mol. The van der Waals surface area contributed by atoms with Crippen LogP contribution in [0.3, 0.4) is 0 Å². The second-order valence-electron chi connectivity index (χ2n) is 5.70. The molecule has 0 amide bonds. The molecule has 0 spiro atoms. The van der Waals surface area contributed by atoms with Gasteiger partial charge in [-0.2, -0.15) is 11.8 Å². The van der Waals surface area contributed by atoms with Gasteiger partial charge in [-0.15, -0.1) is 0 Å². The molecule has 5 nitrogen and oxygen atoms in total. The number of nitrogens with two attached hydrogens (primary N) is 1. The Kier molecular flexibility index (Phi) is 4.66. The van der Waals surface area contributed by atoms with E-state index in [0.717, 1.165) is 43.9 Å². The lowest BCUT2D eigenvalue weighted by atomic mass is 9.70. The Morgan fingerprint density at radius 3 is 2.47 bits per heavy atom. The molecule has 0 aromatic heterocycles. The van der Waals surface area contributed by atoms with Crippen molar-refractivity contribution in [3.63, 3.8) is 0 Å². The summed E-state index contributed by atoms with van der Waals surface area (Å²) in [6.07, 6.45) is 4.31. The molecule has 1 aliphatic heterocycles. The molecule has 2 aliphatic rings. The molecule has 19 heavy (non-hydrogen) atoms. The van der Waals surface area contributed by atoms with Crippen molar-refractivity contribution in [1.82, 2.24) is 4.90 Å². The maximum atomic E-state index is 11.5. The zero-order chi connectivity index (χ0) is 13.9. The van der Waals surface area contributed by atoms with E-state index >= 15 is 0 Å². The van der Waals surface area contributed by atoms with Crippen LogP contribution in [-0.4, -0.2) is 62.4 Å². The molecule has 0 aromatic carbocycles. The van der Waals surface area contributed by atoms with Crippen molar-refractivity contribution >= 4 is 27.6 Å². The van der Waals surface area contributed by atoms with Crippen molar-refractivity contribution in [3.05, 3.63) is 0 Å². The highest BCUT2D eigenvalue weighted by Gasteiger charge is 2.39. The lowest BCUT2D eigenvalue weighted by Crippen LogP contribution is -2.45. The number of guanidine groups is 1. The molecule has 1 saturated heterocycles. The van der Waals surface area contributed by atoms with Gasteiger partial charge in [-0.1, -0.05) is 6.42 Å². The third kappa shape index (κ3) is 4.27. The van der Waals surface area contributed by atoms with E-state index in [1.54, 1.807) is 0 Å². The Morgan fingerprint density at radius 1 is 1.37 bits per heavy atom. The van der Waals surface area contributed by atoms with Crippen LogP contribution in [0.15, 0.2) is 4.99 Å². The first-order valence-corrected chi connectivity index (χ1v) is 9.92. The van der Waals surface area contributed by atoms with Crippen LogP contribution in [0.5, 0.6) is 0 Å². The van der Waals surface area contributed by atoms with Gasteiger partial charge in [-0.3, -0.25) is 4.99 Å². The number of nitrogens with zero attached hydrogens (tertiary/aromatic N) is 2. The number of aliphatic imine (C=N–C) groups is 1. The van der Waals surface area contributed by atoms with Gasteiger partial charge in [0, 0.05) is 42.8 Å². The minimum absolute atomic E-state index is 0.150. The molecule has 2 N–H and O–H groups in total. The summed E-state index contributed by atoms with van der Waals surface area (Å²) in [6.45, 7) is 2.44. The quantitative estimate of drug-likeness (QED) is 0.607. The van der Waals surface area contributed by atoms with Crippen LogP contribution >= 0.6 is 11.8 Å². The lowest BCUT2D eigenvalue weighted by molar-refractivity contribution is 0.177. The van der Waals surface area contributed by atoms with Crippen molar-refractivity contribution < 1.29 is 8.42 Å². The molecule has 1 heterocycles. The summed E-state index contributed by atoms with van der Waals surface area (Å²) in [6, 6.07) is 0. The molecule has 0 radical (unpaired) electrons. The maximum Gasteiger partial charge on any atom is 0.191 e. The standard InChI is InChI=1S/C12H23N3O2S2/c1-19(16,17)10-12(3-2-4-12)9-14-11(13)15-5-7-18-8-6-15/h2-10H2,1H3,(H2,13,14). The lowest BCUT2D eigenvalue weighted by Gasteiger charge is -2.40. The van der Waals surface area contributed by atoms with Crippen LogP contribution in [0, 0.1) is 5.41 Å². The van der Waals surface area contributed by atoms with Crippen LogP contribution < -0.4 is 5.73 Å². The van der Waals surface area contributed by atoms with Gasteiger partial charge >= 0.3 is 0 Å². The van der Waals surface area contributed by atoms with Crippen molar-refractivity contribution in [2.24, 2.45) is 16.1 Å². The van der Waals surface area contributed by atoms with Crippen LogP contribution in [0.2, 0.25) is 0 Å². The van der Waals surface area contributed by atoms with E-state index in [-0.39, 0.29) is 11.2 Å². The van der Waals surface area contributed by atoms with Gasteiger partial charge in [-0.25, -0.2) is 8.42 Å². The molecule has 2 fully saturated rings. The first-order chi connectivity index (χ1) is 8.90. The smallest absolute Gasteiger partial charge is 0.191 e. The summed E-state index contributed by atoms with van der Waals surface area (Å²) < 4.78 is 23.0. The normalized spacial score (nSPS) is 24.1. The molecular weight excluding hydrogens is 282 g/mol. The molecule has 0 aromatic rings. The van der Waals surface area contributed by atoms with Gasteiger partial charge in [0.15, 0.2) is 5.96 Å². The van der Waals surface area contributed by atoms with Crippen molar-refractivity contribution in [2.75, 3.05) is 43.1 Å². The topological polar surface area (TPSA) is 75.8 Å². The van der Waals surface area contributed by atoms with Crippen LogP contribution in [-0.2, 0) is 9.84 Å². The first kappa shape index (κ1) is 15.0. The number of sulfone groups is 1. The summed E-state index contributed by atoms with van der Waals surface area (Å²) in [5.41, 5.74) is 5.87. The van der Waals surface area contributed by atoms with Gasteiger partial charge in [0.05, 0.1) is 5.75 Å². The fourth-order valence-corrected chi connectivity index (χ4v) is 5.12. The van der Waals surface area contributed by atoms with Gasteiger partial charge in [0.1, 0.15) is 9.84 Å². The number of hydrogen-bond acceptors (Lipinski definition) is 4. The minimum Gasteiger partial charge on any atom is -0.370 e. The van der Waals surface area contributed by atoms with Crippen molar-refractivity contribution in [3.8, 4) is 0 Å². The van der Waals surface area contributed by atoms with E-state index in [4.69, 9.17) is 5.73 Å². The van der Waals surface area contributed by atoms with Crippen LogP contribution in [0.25, 0.3) is 0 Å². The fraction of sp³-hybridized carbons (Fsp3) is 0.917. The summed E-state index contributed by atoms with van der Waals surface area (Å²) in [5, 5.41) is 0. The molecular formula is C12H23N3O2S2. The van der Waals surface area contributed by atoms with Crippen LogP contribution in [0.1, 0.15) is 19.3 Å². The van der Waals surface area contributed by atoms with Crippen molar-refractivity contribution in [1.29, 1.82) is 0 Å². The summed E-state index contributed by atoms with van der Waals surface area (Å²) in [4.78, 5) is 6.57. The van der Waals surface area contributed by atoms with Gasteiger partial charge in [0.25, 0.3) is 0 Å². The Morgan fingerprint density at radius 2 is 2.00 bits per heavy atom. The second kappa shape index (κ2) is 5.91. The van der Waals surface area contributed by atoms with Gasteiger partial charge in [-0.05, 0) is 12.8 Å². The second-order valence-corrected chi connectivity index (χ2v) is 9.06. The first-order valence-electron chi connectivity index (χ1n) is 6.71. The van der Waals surface area contributed by atoms with Crippen LogP contribution in [0.4, 0.5) is 0 Å². The molecule has 110 valence electrons. The van der Waals surface area contributed by atoms with E-state index in [2.05, 4.69) is 9.89 Å². The maximum absolute atomic E-state index is 11.5. The summed E-state index contributed by atoms with van der Waals surface area (Å²) in [7, 11) is -2.94. The van der Waals surface area contributed by atoms with E-state index in [9.17, 15) is 8.42 Å². The number of rotatable bonds is 4. The predicted octanol–water partition coefficient (Wildman–Crippen LogP) is 0.565. The minimum atomic E-state index is -2.94. The van der Waals surface area contributed by atoms with E-state index in [1.165, 1.54) is 6.26 Å². The third-order valence-electron chi connectivity index (χ3n) is 3.89. The largest absolute Gasteiger partial charge is 0.370 e. The third-order valence-corrected chi connectivity index (χ3v) is 5.97. The number of thioether (sulfide) groups is 1. The fourth-order valence-electron chi connectivity index (χ4n) is 2.72. The highest BCUT2D eigenvalue weighted by Crippen LogP contribution is 2.42. The number of hydrogen-bond donors (Lipinski definition) is 1. The average Bonchev–Trinajstić information content (AvgIpc) is 2.32.